The molecule has 0 aromatic rings. The molecule has 2 unspecified atom stereocenters. The van der Waals surface area contributed by atoms with Gasteiger partial charge in [-0.1, -0.05) is 0 Å². The van der Waals surface area contributed by atoms with Crippen molar-refractivity contribution in [3.05, 3.63) is 11.3 Å². The van der Waals surface area contributed by atoms with E-state index in [2.05, 4.69) is 0 Å². The Balaban J connectivity index is 1.60. The van der Waals surface area contributed by atoms with Crippen LogP contribution in [-0.4, -0.2) is 58.1 Å². The Morgan fingerprint density at radius 3 is 2.43 bits per heavy atom. The lowest BCUT2D eigenvalue weighted by Crippen LogP contribution is -2.52. The van der Waals surface area contributed by atoms with E-state index in [1.54, 1.807) is 16.7 Å². The first kappa shape index (κ1) is 14.5. The van der Waals surface area contributed by atoms with Crippen LogP contribution in [0.15, 0.2) is 11.3 Å². The van der Waals surface area contributed by atoms with E-state index in [1.807, 2.05) is 0 Å². The quantitative estimate of drug-likeness (QED) is 0.737. The molecule has 7 nitrogen and oxygen atoms in total. The first-order chi connectivity index (χ1) is 10.9. The fourth-order valence-electron chi connectivity index (χ4n) is 4.87. The summed E-state index contributed by atoms with van der Waals surface area (Å²) in [5, 5.41) is 9.37. The highest BCUT2D eigenvalue weighted by atomic mass is 16.5. The number of likely N-dealkylation sites (tertiary alicyclic amines) is 1. The largest absolute Gasteiger partial charge is 0.465 e. The predicted molar refractivity (Wildman–Crippen MR) is 78.3 cm³/mol. The van der Waals surface area contributed by atoms with E-state index >= 15 is 0 Å². The highest BCUT2D eigenvalue weighted by molar-refractivity contribution is 5.94. The molecule has 0 saturated carbocycles. The molecule has 0 aromatic heterocycles. The molecular formula is C16H20N2O5. The molecule has 4 rings (SSSR count). The van der Waals surface area contributed by atoms with Gasteiger partial charge in [0.25, 0.3) is 0 Å². The van der Waals surface area contributed by atoms with Crippen LogP contribution < -0.4 is 0 Å². The Labute approximate surface area is 133 Å². The van der Waals surface area contributed by atoms with E-state index in [-0.39, 0.29) is 30.6 Å². The fourth-order valence-corrected chi connectivity index (χ4v) is 4.87. The van der Waals surface area contributed by atoms with Gasteiger partial charge < -0.3 is 19.6 Å². The van der Waals surface area contributed by atoms with Crippen LogP contribution in [0.4, 0.5) is 4.79 Å². The molecule has 4 heterocycles. The Hall–Kier alpha value is -2.05. The number of ether oxygens (including phenoxy) is 1. The summed E-state index contributed by atoms with van der Waals surface area (Å²) in [6, 6.07) is -0.0987. The molecule has 0 aromatic carbocycles. The third-order valence-electron chi connectivity index (χ3n) is 6.01. The van der Waals surface area contributed by atoms with Crippen LogP contribution in [0.3, 0.4) is 0 Å². The van der Waals surface area contributed by atoms with Crippen LogP contribution in [0.25, 0.3) is 0 Å². The Morgan fingerprint density at radius 1 is 1.26 bits per heavy atom. The van der Waals surface area contributed by atoms with Crippen LogP contribution in [0.2, 0.25) is 0 Å². The van der Waals surface area contributed by atoms with Gasteiger partial charge in [0.05, 0.1) is 16.7 Å². The smallest absolute Gasteiger partial charge is 0.407 e. The van der Waals surface area contributed by atoms with Crippen LogP contribution in [-0.2, 0) is 14.3 Å². The molecule has 1 spiro atoms. The van der Waals surface area contributed by atoms with E-state index in [9.17, 15) is 19.5 Å². The Kier molecular flexibility index (Phi) is 2.98. The lowest BCUT2D eigenvalue weighted by molar-refractivity contribution is -0.139. The van der Waals surface area contributed by atoms with Crippen molar-refractivity contribution in [2.45, 2.75) is 51.1 Å². The van der Waals surface area contributed by atoms with Crippen molar-refractivity contribution in [3.8, 4) is 0 Å². The van der Waals surface area contributed by atoms with E-state index in [0.717, 1.165) is 19.3 Å². The van der Waals surface area contributed by atoms with Gasteiger partial charge in [0.1, 0.15) is 6.61 Å². The van der Waals surface area contributed by atoms with Gasteiger partial charge in [-0.2, -0.15) is 0 Å². The lowest BCUT2D eigenvalue weighted by atomic mass is 9.73. The maximum atomic E-state index is 13.1. The van der Waals surface area contributed by atoms with Crippen LogP contribution in [0, 0.1) is 5.41 Å². The number of hydrogen-bond donors (Lipinski definition) is 1. The highest BCUT2D eigenvalue weighted by Gasteiger charge is 2.57. The van der Waals surface area contributed by atoms with E-state index < -0.39 is 11.5 Å². The zero-order valence-corrected chi connectivity index (χ0v) is 13.1. The second-order valence-corrected chi connectivity index (χ2v) is 7.12. The molecular weight excluding hydrogens is 300 g/mol. The van der Waals surface area contributed by atoms with Crippen molar-refractivity contribution in [3.63, 3.8) is 0 Å². The number of esters is 1. The molecule has 2 atom stereocenters. The number of carbonyl (C=O) groups excluding carboxylic acids is 2. The van der Waals surface area contributed by atoms with Crippen molar-refractivity contribution >= 4 is 18.0 Å². The number of hydrogen-bond acceptors (Lipinski definition) is 4. The number of cyclic esters (lactones) is 1. The van der Waals surface area contributed by atoms with Crippen LogP contribution in [0.5, 0.6) is 0 Å². The maximum Gasteiger partial charge on any atom is 0.407 e. The molecule has 23 heavy (non-hydrogen) atoms. The zero-order valence-electron chi connectivity index (χ0n) is 13.1. The average Bonchev–Trinajstić information content (AvgIpc) is 3.08. The van der Waals surface area contributed by atoms with Crippen molar-refractivity contribution in [1.29, 1.82) is 0 Å². The van der Waals surface area contributed by atoms with Crippen molar-refractivity contribution in [2.24, 2.45) is 5.41 Å². The number of amides is 2. The molecule has 0 aliphatic carbocycles. The summed E-state index contributed by atoms with van der Waals surface area (Å²) < 4.78 is 5.02. The molecule has 0 radical (unpaired) electrons. The molecule has 4 aliphatic rings. The molecule has 7 heteroatoms. The zero-order chi connectivity index (χ0) is 16.4. The maximum absolute atomic E-state index is 13.1. The van der Waals surface area contributed by atoms with Gasteiger partial charge in [-0.05, 0) is 39.0 Å². The molecule has 1 N–H and O–H groups in total. The molecule has 124 valence electrons. The first-order valence-corrected chi connectivity index (χ1v) is 8.13. The summed E-state index contributed by atoms with van der Waals surface area (Å²) in [5.74, 6) is -0.304. The standard InChI is InChI=1S/C16H20N2O5/c1-9-12(8-23-13(9)19)17-5-4-16(14(17)20)6-10-2-3-11(7-16)18(10)15(21)22/h10-11H,2-8H2,1H3,(H,21,22). The number of nitrogens with zero attached hydrogens (tertiary/aromatic N) is 2. The summed E-state index contributed by atoms with van der Waals surface area (Å²) >= 11 is 0. The van der Waals surface area contributed by atoms with Gasteiger partial charge >= 0.3 is 12.1 Å². The number of carbonyl (C=O) groups is 3. The second-order valence-electron chi connectivity index (χ2n) is 7.12. The third-order valence-corrected chi connectivity index (χ3v) is 6.01. The van der Waals surface area contributed by atoms with Gasteiger partial charge in [0, 0.05) is 18.6 Å². The van der Waals surface area contributed by atoms with Crippen LogP contribution >= 0.6 is 0 Å². The molecule has 4 aliphatic heterocycles. The fraction of sp³-hybridized carbons (Fsp3) is 0.688. The SMILES string of the molecule is CC1=C(N2CCC3(CC4CCC(C3)N4C(=O)O)C2=O)COC1=O. The molecule has 2 amide bonds. The number of carboxylic acid groups (broad SMARTS) is 1. The summed E-state index contributed by atoms with van der Waals surface area (Å²) in [5.41, 5.74) is 0.739. The first-order valence-electron chi connectivity index (χ1n) is 8.13. The average molecular weight is 320 g/mol. The minimum absolute atomic E-state index is 0.0482. The van der Waals surface area contributed by atoms with E-state index in [1.165, 1.54) is 0 Å². The summed E-state index contributed by atoms with van der Waals surface area (Å²) in [6.45, 7) is 2.45. The number of fused-ring (bicyclic) bond motifs is 2. The third kappa shape index (κ3) is 1.91. The molecule has 3 saturated heterocycles. The van der Waals surface area contributed by atoms with Crippen molar-refractivity contribution in [1.82, 2.24) is 9.80 Å². The van der Waals surface area contributed by atoms with Gasteiger partial charge in [-0.15, -0.1) is 0 Å². The Bertz CT molecular complexity index is 626. The number of piperidine rings is 1. The highest BCUT2D eigenvalue weighted by Crippen LogP contribution is 2.51. The van der Waals surface area contributed by atoms with Gasteiger partial charge in [-0.3, -0.25) is 4.79 Å². The monoisotopic (exact) mass is 320 g/mol. The van der Waals surface area contributed by atoms with Gasteiger partial charge in [0.15, 0.2) is 0 Å². The number of rotatable bonds is 1. The topological polar surface area (TPSA) is 87.2 Å². The van der Waals surface area contributed by atoms with Crippen molar-refractivity contribution in [2.75, 3.05) is 13.2 Å². The van der Waals surface area contributed by atoms with Gasteiger partial charge in [-0.25, -0.2) is 9.59 Å². The van der Waals surface area contributed by atoms with Crippen LogP contribution in [0.1, 0.15) is 39.0 Å². The van der Waals surface area contributed by atoms with Crippen molar-refractivity contribution < 1.29 is 24.2 Å². The van der Waals surface area contributed by atoms with Gasteiger partial charge in [0.2, 0.25) is 5.91 Å². The molecule has 2 bridgehead atoms. The van der Waals surface area contributed by atoms with E-state index in [4.69, 9.17) is 4.74 Å². The predicted octanol–water partition coefficient (Wildman–Crippen LogP) is 1.34. The van der Waals surface area contributed by atoms with E-state index in [0.29, 0.717) is 30.7 Å². The molecule has 3 fully saturated rings. The lowest BCUT2D eigenvalue weighted by Gasteiger charge is -2.42. The summed E-state index contributed by atoms with van der Waals surface area (Å²) in [4.78, 5) is 39.3. The second kappa shape index (κ2) is 4.72. The normalized spacial score (nSPS) is 36.4. The Morgan fingerprint density at radius 2 is 1.91 bits per heavy atom. The summed E-state index contributed by atoms with van der Waals surface area (Å²) in [6.07, 6.45) is 2.75. The minimum atomic E-state index is -0.872. The minimum Gasteiger partial charge on any atom is -0.465 e. The summed E-state index contributed by atoms with van der Waals surface area (Å²) in [7, 11) is 0.